The van der Waals surface area contributed by atoms with Crippen LogP contribution in [0.5, 0.6) is 0 Å². The van der Waals surface area contributed by atoms with E-state index in [1.165, 1.54) is 6.07 Å². The van der Waals surface area contributed by atoms with E-state index >= 15 is 0 Å². The van der Waals surface area contributed by atoms with Gasteiger partial charge in [0.25, 0.3) is 0 Å². The Morgan fingerprint density at radius 3 is 2.65 bits per heavy atom. The predicted octanol–water partition coefficient (Wildman–Crippen LogP) is 3.73. The molecule has 3 aromatic rings. The minimum absolute atomic E-state index is 0.273. The molecular formula is C17H15FN2. The molecule has 0 aliphatic carbocycles. The number of nitrogens with two attached hydrogens (primary N) is 1. The fourth-order valence-electron chi connectivity index (χ4n) is 2.44. The van der Waals surface area contributed by atoms with E-state index in [2.05, 4.69) is 4.98 Å². The minimum Gasteiger partial charge on any atom is -0.320 e. The first-order valence-corrected chi connectivity index (χ1v) is 6.51. The summed E-state index contributed by atoms with van der Waals surface area (Å²) >= 11 is 0. The number of aromatic nitrogens is 1. The first-order valence-electron chi connectivity index (χ1n) is 6.51. The normalized spacial score (nSPS) is 12.6. The molecule has 3 heteroatoms. The van der Waals surface area contributed by atoms with Crippen LogP contribution in [0.3, 0.4) is 0 Å². The molecule has 1 unspecified atom stereocenters. The number of hydrogen-bond donors (Lipinski definition) is 1. The number of benzene rings is 2. The Hall–Kier alpha value is -2.26. The zero-order valence-corrected chi connectivity index (χ0v) is 11.2. The molecule has 0 aliphatic heterocycles. The van der Waals surface area contributed by atoms with Crippen LogP contribution in [0, 0.1) is 12.7 Å². The Kier molecular flexibility index (Phi) is 3.20. The Morgan fingerprint density at radius 1 is 1.05 bits per heavy atom. The quantitative estimate of drug-likeness (QED) is 0.767. The summed E-state index contributed by atoms with van der Waals surface area (Å²) in [7, 11) is 0. The van der Waals surface area contributed by atoms with Gasteiger partial charge in [-0.1, -0.05) is 36.4 Å². The highest BCUT2D eigenvalue weighted by Crippen LogP contribution is 2.28. The lowest BCUT2D eigenvalue weighted by molar-refractivity contribution is 0.599. The van der Waals surface area contributed by atoms with Crippen LogP contribution in [0.2, 0.25) is 0 Å². The molecule has 0 spiro atoms. The third kappa shape index (κ3) is 2.17. The number of hydrogen-bond acceptors (Lipinski definition) is 2. The number of aryl methyl sites for hydroxylation is 1. The highest BCUT2D eigenvalue weighted by Gasteiger charge is 2.16. The van der Waals surface area contributed by atoms with Crippen molar-refractivity contribution in [2.75, 3.05) is 0 Å². The highest BCUT2D eigenvalue weighted by atomic mass is 19.1. The first-order chi connectivity index (χ1) is 9.66. The summed E-state index contributed by atoms with van der Waals surface area (Å²) in [6, 6.07) is 12.5. The highest BCUT2D eigenvalue weighted by molar-refractivity contribution is 5.85. The van der Waals surface area contributed by atoms with E-state index in [-0.39, 0.29) is 5.82 Å². The lowest BCUT2D eigenvalue weighted by Crippen LogP contribution is -2.14. The van der Waals surface area contributed by atoms with Gasteiger partial charge in [-0.2, -0.15) is 0 Å². The number of halogens is 1. The van der Waals surface area contributed by atoms with Crippen molar-refractivity contribution in [2.45, 2.75) is 13.0 Å². The van der Waals surface area contributed by atoms with Gasteiger partial charge >= 0.3 is 0 Å². The van der Waals surface area contributed by atoms with Gasteiger partial charge in [0, 0.05) is 23.3 Å². The van der Waals surface area contributed by atoms with Crippen molar-refractivity contribution in [3.8, 4) is 0 Å². The second kappa shape index (κ2) is 5.02. The van der Waals surface area contributed by atoms with Gasteiger partial charge in [-0.05, 0) is 29.5 Å². The fourth-order valence-corrected chi connectivity index (χ4v) is 2.44. The van der Waals surface area contributed by atoms with E-state index in [4.69, 9.17) is 5.73 Å². The van der Waals surface area contributed by atoms with Crippen LogP contribution in [-0.4, -0.2) is 4.98 Å². The topological polar surface area (TPSA) is 38.9 Å². The van der Waals surface area contributed by atoms with Gasteiger partial charge in [0.05, 0.1) is 6.04 Å². The molecule has 1 aromatic heterocycles. The fraction of sp³-hybridized carbons (Fsp3) is 0.118. The third-order valence-electron chi connectivity index (χ3n) is 3.53. The Bertz CT molecular complexity index is 763. The molecule has 1 heterocycles. The summed E-state index contributed by atoms with van der Waals surface area (Å²) in [5.41, 5.74) is 8.47. The molecule has 0 aliphatic rings. The van der Waals surface area contributed by atoms with Crippen LogP contribution in [-0.2, 0) is 0 Å². The maximum Gasteiger partial charge on any atom is 0.128 e. The van der Waals surface area contributed by atoms with Crippen molar-refractivity contribution in [1.82, 2.24) is 4.98 Å². The Balaban J connectivity index is 2.15. The van der Waals surface area contributed by atoms with E-state index in [1.807, 2.05) is 37.3 Å². The number of fused-ring (bicyclic) bond motifs is 1. The lowest BCUT2D eigenvalue weighted by Gasteiger charge is -2.15. The Morgan fingerprint density at radius 2 is 1.85 bits per heavy atom. The van der Waals surface area contributed by atoms with Crippen molar-refractivity contribution < 1.29 is 4.39 Å². The molecule has 0 saturated carbocycles. The molecule has 3 rings (SSSR count). The second-order valence-corrected chi connectivity index (χ2v) is 4.95. The maximum atomic E-state index is 14.1. The van der Waals surface area contributed by atoms with Crippen molar-refractivity contribution >= 4 is 10.8 Å². The predicted molar refractivity (Wildman–Crippen MR) is 78.9 cm³/mol. The van der Waals surface area contributed by atoms with Gasteiger partial charge in [-0.3, -0.25) is 4.98 Å². The molecule has 0 radical (unpaired) electrons. The van der Waals surface area contributed by atoms with E-state index in [9.17, 15) is 4.39 Å². The van der Waals surface area contributed by atoms with Crippen molar-refractivity contribution in [1.29, 1.82) is 0 Å². The van der Waals surface area contributed by atoms with Crippen molar-refractivity contribution in [2.24, 2.45) is 5.73 Å². The molecule has 2 nitrogen and oxygen atoms in total. The van der Waals surface area contributed by atoms with Gasteiger partial charge in [0.15, 0.2) is 0 Å². The summed E-state index contributed by atoms with van der Waals surface area (Å²) in [5, 5.41) is 2.02. The molecule has 0 saturated heterocycles. The van der Waals surface area contributed by atoms with Gasteiger partial charge in [-0.25, -0.2) is 4.39 Å². The van der Waals surface area contributed by atoms with Crippen molar-refractivity contribution in [3.63, 3.8) is 0 Å². The first kappa shape index (κ1) is 12.8. The van der Waals surface area contributed by atoms with Crippen molar-refractivity contribution in [3.05, 3.63) is 77.4 Å². The molecule has 20 heavy (non-hydrogen) atoms. The second-order valence-electron chi connectivity index (χ2n) is 4.95. The molecule has 2 N–H and O–H groups in total. The molecule has 0 fully saturated rings. The van der Waals surface area contributed by atoms with E-state index in [1.54, 1.807) is 18.5 Å². The van der Waals surface area contributed by atoms with Gasteiger partial charge in [0.2, 0.25) is 0 Å². The molecule has 2 aromatic carbocycles. The van der Waals surface area contributed by atoms with Gasteiger partial charge in [-0.15, -0.1) is 0 Å². The van der Waals surface area contributed by atoms with Crippen LogP contribution in [0.15, 0.2) is 54.9 Å². The van der Waals surface area contributed by atoms with Crippen LogP contribution in [0.25, 0.3) is 10.8 Å². The lowest BCUT2D eigenvalue weighted by atomic mass is 9.95. The maximum absolute atomic E-state index is 14.1. The molecule has 0 amide bonds. The number of nitrogens with zero attached hydrogens (tertiary/aromatic N) is 1. The van der Waals surface area contributed by atoms with Crippen LogP contribution in [0.1, 0.15) is 22.7 Å². The molecule has 100 valence electrons. The molecular weight excluding hydrogens is 251 g/mol. The zero-order valence-electron chi connectivity index (χ0n) is 11.2. The Labute approximate surface area is 117 Å². The molecule has 1 atom stereocenters. The van der Waals surface area contributed by atoms with Crippen LogP contribution in [0.4, 0.5) is 4.39 Å². The smallest absolute Gasteiger partial charge is 0.128 e. The van der Waals surface area contributed by atoms with E-state index < -0.39 is 6.04 Å². The number of pyridine rings is 1. The largest absolute Gasteiger partial charge is 0.320 e. The summed E-state index contributed by atoms with van der Waals surface area (Å²) in [5.74, 6) is -0.273. The summed E-state index contributed by atoms with van der Waals surface area (Å²) in [6.07, 6.45) is 3.50. The zero-order chi connectivity index (χ0) is 14.1. The standard InChI is InChI=1S/C17H15FN2/c1-11-6-7-14(16(18)8-11)17(19)15-10-20-9-12-4-2-3-5-13(12)15/h2-10,17H,19H2,1H3. The summed E-state index contributed by atoms with van der Waals surface area (Å²) in [6.45, 7) is 1.86. The SMILES string of the molecule is Cc1ccc(C(N)c2cncc3ccccc23)c(F)c1. The van der Waals surface area contributed by atoms with Gasteiger partial charge < -0.3 is 5.73 Å². The van der Waals surface area contributed by atoms with E-state index in [0.29, 0.717) is 5.56 Å². The van der Waals surface area contributed by atoms with Gasteiger partial charge in [0.1, 0.15) is 5.82 Å². The summed E-state index contributed by atoms with van der Waals surface area (Å²) in [4.78, 5) is 4.20. The average molecular weight is 266 g/mol. The number of rotatable bonds is 2. The monoisotopic (exact) mass is 266 g/mol. The van der Waals surface area contributed by atoms with Crippen LogP contribution >= 0.6 is 0 Å². The minimum atomic E-state index is -0.519. The molecule has 0 bridgehead atoms. The van der Waals surface area contributed by atoms with E-state index in [0.717, 1.165) is 21.9 Å². The van der Waals surface area contributed by atoms with Crippen LogP contribution < -0.4 is 5.73 Å². The third-order valence-corrected chi connectivity index (χ3v) is 3.53. The summed E-state index contributed by atoms with van der Waals surface area (Å²) < 4.78 is 14.1. The average Bonchev–Trinajstić information content (AvgIpc) is 2.46.